The molecule has 2 aromatic carbocycles. The van der Waals surface area contributed by atoms with E-state index in [9.17, 15) is 0 Å². The van der Waals surface area contributed by atoms with Crippen LogP contribution in [0.1, 0.15) is 33.5 Å². The number of nitrogens with one attached hydrogen (secondary N) is 1. The highest BCUT2D eigenvalue weighted by molar-refractivity contribution is 5.43. The Kier molecular flexibility index (Phi) is 7.88. The van der Waals surface area contributed by atoms with Crippen LogP contribution in [0.5, 0.6) is 5.75 Å². The second-order valence-electron chi connectivity index (χ2n) is 8.48. The first-order valence-electron chi connectivity index (χ1n) is 11.4. The summed E-state index contributed by atoms with van der Waals surface area (Å²) in [6, 6.07) is 19.3. The molecular formula is C27H33N3O2. The molecule has 5 heteroatoms. The van der Waals surface area contributed by atoms with Gasteiger partial charge in [-0.15, -0.1) is 0 Å². The lowest BCUT2D eigenvalue weighted by atomic mass is 10.1. The van der Waals surface area contributed by atoms with Crippen molar-refractivity contribution < 1.29 is 9.47 Å². The molecule has 3 aromatic rings. The van der Waals surface area contributed by atoms with Gasteiger partial charge >= 0.3 is 0 Å². The Morgan fingerprint density at radius 3 is 2.28 bits per heavy atom. The summed E-state index contributed by atoms with van der Waals surface area (Å²) in [4.78, 5) is 6.78. The number of aryl methyl sites for hydroxylation is 2. The fraction of sp³-hybridized carbons (Fsp3) is 0.370. The average Bonchev–Trinajstić information content (AvgIpc) is 2.81. The van der Waals surface area contributed by atoms with Crippen molar-refractivity contribution in [1.82, 2.24) is 15.2 Å². The molecule has 4 rings (SSSR count). The maximum Gasteiger partial charge on any atom is 0.130 e. The van der Waals surface area contributed by atoms with Gasteiger partial charge in [-0.3, -0.25) is 9.88 Å². The standard InChI is InChI=1S/C27H33N3O2/c1-21-15-25(16-22(2)27(21)32-20-26-5-3-4-10-29-26)18-28-17-23-6-8-24(9-7-23)19-30-11-13-31-14-12-30/h3-10,15-16,28H,11-14,17-20H2,1-2H3. The highest BCUT2D eigenvalue weighted by Gasteiger charge is 2.11. The van der Waals surface area contributed by atoms with E-state index in [0.29, 0.717) is 6.61 Å². The van der Waals surface area contributed by atoms with Crippen LogP contribution in [0.2, 0.25) is 0 Å². The van der Waals surface area contributed by atoms with Crippen molar-refractivity contribution in [3.8, 4) is 5.75 Å². The molecule has 0 bridgehead atoms. The molecule has 1 aliphatic rings. The highest BCUT2D eigenvalue weighted by atomic mass is 16.5. The molecule has 0 atom stereocenters. The quantitative estimate of drug-likeness (QED) is 0.544. The van der Waals surface area contributed by atoms with Crippen molar-refractivity contribution in [2.45, 2.75) is 40.1 Å². The number of aromatic nitrogens is 1. The molecule has 5 nitrogen and oxygen atoms in total. The smallest absolute Gasteiger partial charge is 0.130 e. The number of rotatable bonds is 9. The zero-order valence-electron chi connectivity index (χ0n) is 19.1. The van der Waals surface area contributed by atoms with E-state index in [-0.39, 0.29) is 0 Å². The van der Waals surface area contributed by atoms with Crippen molar-refractivity contribution in [1.29, 1.82) is 0 Å². The summed E-state index contributed by atoms with van der Waals surface area (Å²) < 4.78 is 11.5. The third kappa shape index (κ3) is 6.39. The molecule has 0 amide bonds. The fourth-order valence-corrected chi connectivity index (χ4v) is 4.13. The SMILES string of the molecule is Cc1cc(CNCc2ccc(CN3CCOCC3)cc2)cc(C)c1OCc1ccccn1. The summed E-state index contributed by atoms with van der Waals surface area (Å²) in [6.45, 7) is 11.1. The first kappa shape index (κ1) is 22.5. The maximum atomic E-state index is 6.05. The number of ether oxygens (including phenoxy) is 2. The van der Waals surface area contributed by atoms with Crippen LogP contribution in [0.4, 0.5) is 0 Å². The summed E-state index contributed by atoms with van der Waals surface area (Å²) in [6.07, 6.45) is 1.80. The van der Waals surface area contributed by atoms with Gasteiger partial charge in [-0.1, -0.05) is 42.5 Å². The van der Waals surface area contributed by atoms with E-state index in [0.717, 1.165) is 68.5 Å². The van der Waals surface area contributed by atoms with E-state index >= 15 is 0 Å². The largest absolute Gasteiger partial charge is 0.487 e. The Bertz CT molecular complexity index is 961. The van der Waals surface area contributed by atoms with E-state index in [2.05, 4.69) is 65.4 Å². The number of nitrogens with zero attached hydrogens (tertiary/aromatic N) is 2. The lowest BCUT2D eigenvalue weighted by Gasteiger charge is -2.26. The van der Waals surface area contributed by atoms with E-state index < -0.39 is 0 Å². The first-order valence-corrected chi connectivity index (χ1v) is 11.4. The van der Waals surface area contributed by atoms with Crippen molar-refractivity contribution in [2.75, 3.05) is 26.3 Å². The van der Waals surface area contributed by atoms with Crippen molar-refractivity contribution >= 4 is 0 Å². The molecule has 1 fully saturated rings. The second-order valence-corrected chi connectivity index (χ2v) is 8.48. The Balaban J connectivity index is 1.26. The van der Waals surface area contributed by atoms with Gasteiger partial charge in [0.2, 0.25) is 0 Å². The minimum absolute atomic E-state index is 0.488. The molecule has 0 spiro atoms. The minimum Gasteiger partial charge on any atom is -0.487 e. The van der Waals surface area contributed by atoms with Gasteiger partial charge in [0.1, 0.15) is 12.4 Å². The van der Waals surface area contributed by atoms with Gasteiger partial charge in [-0.2, -0.15) is 0 Å². The molecule has 1 aliphatic heterocycles. The molecule has 0 aliphatic carbocycles. The van der Waals surface area contributed by atoms with Crippen molar-refractivity contribution in [2.24, 2.45) is 0 Å². The van der Waals surface area contributed by atoms with Gasteiger partial charge in [0.05, 0.1) is 18.9 Å². The van der Waals surface area contributed by atoms with Crippen LogP contribution in [0.3, 0.4) is 0 Å². The van der Waals surface area contributed by atoms with Gasteiger partial charge in [-0.25, -0.2) is 0 Å². The summed E-state index contributed by atoms with van der Waals surface area (Å²) in [5.41, 5.74) is 7.19. The average molecular weight is 432 g/mol. The molecule has 0 unspecified atom stereocenters. The molecule has 1 saturated heterocycles. The topological polar surface area (TPSA) is 46.6 Å². The Morgan fingerprint density at radius 1 is 0.906 bits per heavy atom. The Labute approximate surface area is 191 Å². The monoisotopic (exact) mass is 431 g/mol. The zero-order chi connectivity index (χ0) is 22.2. The van der Waals surface area contributed by atoms with Crippen LogP contribution in [0.25, 0.3) is 0 Å². The molecule has 0 saturated carbocycles. The number of morpholine rings is 1. The van der Waals surface area contributed by atoms with Gasteiger partial charge < -0.3 is 14.8 Å². The third-order valence-corrected chi connectivity index (χ3v) is 5.80. The number of benzene rings is 2. The molecule has 168 valence electrons. The van der Waals surface area contributed by atoms with E-state index in [1.54, 1.807) is 6.20 Å². The first-order chi connectivity index (χ1) is 15.7. The molecule has 2 heterocycles. The van der Waals surface area contributed by atoms with Crippen LogP contribution in [0, 0.1) is 13.8 Å². The number of hydrogen-bond acceptors (Lipinski definition) is 5. The van der Waals surface area contributed by atoms with E-state index in [1.807, 2.05) is 18.2 Å². The lowest BCUT2D eigenvalue weighted by molar-refractivity contribution is 0.0342. The van der Waals surface area contributed by atoms with E-state index in [1.165, 1.54) is 16.7 Å². The molecule has 0 radical (unpaired) electrons. The van der Waals surface area contributed by atoms with Crippen LogP contribution < -0.4 is 10.1 Å². The summed E-state index contributed by atoms with van der Waals surface area (Å²) >= 11 is 0. The highest BCUT2D eigenvalue weighted by Crippen LogP contribution is 2.25. The van der Waals surface area contributed by atoms with Crippen molar-refractivity contribution in [3.05, 3.63) is 94.3 Å². The lowest BCUT2D eigenvalue weighted by Crippen LogP contribution is -2.35. The number of hydrogen-bond donors (Lipinski definition) is 1. The molecule has 1 N–H and O–H groups in total. The Morgan fingerprint density at radius 2 is 1.59 bits per heavy atom. The summed E-state index contributed by atoms with van der Waals surface area (Å²) in [7, 11) is 0. The van der Waals surface area contributed by atoms with Crippen LogP contribution in [-0.2, 0) is 31.0 Å². The van der Waals surface area contributed by atoms with E-state index in [4.69, 9.17) is 9.47 Å². The molecule has 1 aromatic heterocycles. The molecular weight excluding hydrogens is 398 g/mol. The number of pyridine rings is 1. The van der Waals surface area contributed by atoms with Gasteiger partial charge in [0, 0.05) is 38.9 Å². The summed E-state index contributed by atoms with van der Waals surface area (Å²) in [5.74, 6) is 0.954. The van der Waals surface area contributed by atoms with Crippen LogP contribution in [-0.4, -0.2) is 36.2 Å². The minimum atomic E-state index is 0.488. The predicted molar refractivity (Wildman–Crippen MR) is 128 cm³/mol. The van der Waals surface area contributed by atoms with Gasteiger partial charge in [0.25, 0.3) is 0 Å². The normalized spacial score (nSPS) is 14.4. The second kappa shape index (κ2) is 11.2. The summed E-state index contributed by atoms with van der Waals surface area (Å²) in [5, 5.41) is 3.57. The third-order valence-electron chi connectivity index (χ3n) is 5.80. The predicted octanol–water partition coefficient (Wildman–Crippen LogP) is 4.40. The Hall–Kier alpha value is -2.73. The van der Waals surface area contributed by atoms with Crippen LogP contribution >= 0.6 is 0 Å². The van der Waals surface area contributed by atoms with Gasteiger partial charge in [0.15, 0.2) is 0 Å². The van der Waals surface area contributed by atoms with Crippen LogP contribution in [0.15, 0.2) is 60.8 Å². The van der Waals surface area contributed by atoms with Crippen molar-refractivity contribution in [3.63, 3.8) is 0 Å². The molecule has 32 heavy (non-hydrogen) atoms. The maximum absolute atomic E-state index is 6.05. The zero-order valence-corrected chi connectivity index (χ0v) is 19.1. The fourth-order valence-electron chi connectivity index (χ4n) is 4.13. The van der Waals surface area contributed by atoms with Gasteiger partial charge in [-0.05, 0) is 53.8 Å².